The van der Waals surface area contributed by atoms with Crippen LogP contribution in [0.2, 0.25) is 0 Å². The first kappa shape index (κ1) is 19.6. The van der Waals surface area contributed by atoms with Gasteiger partial charge in [-0.3, -0.25) is 19.5 Å². The fraction of sp³-hybridized carbons (Fsp3) is 0.435. The Balaban J connectivity index is 1.35. The lowest BCUT2D eigenvalue weighted by molar-refractivity contribution is -0.131. The summed E-state index contributed by atoms with van der Waals surface area (Å²) in [6.45, 7) is 6.90. The minimum absolute atomic E-state index is 0.0279. The molecule has 29 heavy (non-hydrogen) atoms. The molecule has 0 spiro atoms. The van der Waals surface area contributed by atoms with E-state index in [4.69, 9.17) is 0 Å². The Bertz CT molecular complexity index is 870. The van der Waals surface area contributed by atoms with Crippen LogP contribution in [0.4, 0.5) is 0 Å². The number of benzene rings is 1. The molecule has 0 radical (unpaired) electrons. The van der Waals surface area contributed by atoms with Crippen molar-refractivity contribution in [2.24, 2.45) is 0 Å². The number of pyridine rings is 1. The van der Waals surface area contributed by atoms with E-state index in [1.807, 2.05) is 59.2 Å². The van der Waals surface area contributed by atoms with E-state index in [0.717, 1.165) is 56.0 Å². The van der Waals surface area contributed by atoms with E-state index in [1.165, 1.54) is 0 Å². The SMILES string of the molecule is Cc1nc(-c2ccccc2)ccc1C(=O)N1CCN(CC(=O)N2CCCC2)CC1. The average molecular weight is 393 g/mol. The third-order valence-electron chi connectivity index (χ3n) is 5.86. The summed E-state index contributed by atoms with van der Waals surface area (Å²) < 4.78 is 0. The van der Waals surface area contributed by atoms with E-state index < -0.39 is 0 Å². The van der Waals surface area contributed by atoms with Gasteiger partial charge in [0.05, 0.1) is 23.5 Å². The van der Waals surface area contributed by atoms with Crippen LogP contribution in [-0.4, -0.2) is 77.3 Å². The molecule has 2 amide bonds. The highest BCUT2D eigenvalue weighted by molar-refractivity contribution is 5.95. The molecule has 0 atom stereocenters. The first-order valence-electron chi connectivity index (χ1n) is 10.4. The van der Waals surface area contributed by atoms with E-state index >= 15 is 0 Å². The lowest BCUT2D eigenvalue weighted by Gasteiger charge is -2.35. The van der Waals surface area contributed by atoms with Gasteiger partial charge in [0.25, 0.3) is 5.91 Å². The largest absolute Gasteiger partial charge is 0.342 e. The van der Waals surface area contributed by atoms with Gasteiger partial charge in [-0.2, -0.15) is 0 Å². The van der Waals surface area contributed by atoms with E-state index in [9.17, 15) is 9.59 Å². The Morgan fingerprint density at radius 2 is 1.55 bits per heavy atom. The molecule has 0 aliphatic carbocycles. The molecule has 2 fully saturated rings. The maximum absolute atomic E-state index is 13.0. The van der Waals surface area contributed by atoms with Crippen LogP contribution in [0, 0.1) is 6.92 Å². The maximum atomic E-state index is 13.0. The first-order chi connectivity index (χ1) is 14.1. The molecule has 2 aliphatic rings. The highest BCUT2D eigenvalue weighted by atomic mass is 16.2. The van der Waals surface area contributed by atoms with Crippen molar-refractivity contribution in [2.75, 3.05) is 45.8 Å². The lowest BCUT2D eigenvalue weighted by Crippen LogP contribution is -2.51. The molecule has 3 heterocycles. The second kappa shape index (κ2) is 8.74. The summed E-state index contributed by atoms with van der Waals surface area (Å²) in [5.74, 6) is 0.249. The van der Waals surface area contributed by atoms with Gasteiger partial charge in [0, 0.05) is 44.8 Å². The number of rotatable bonds is 4. The van der Waals surface area contributed by atoms with Crippen LogP contribution in [0.1, 0.15) is 28.9 Å². The van der Waals surface area contributed by atoms with Crippen LogP contribution >= 0.6 is 0 Å². The molecular weight excluding hydrogens is 364 g/mol. The van der Waals surface area contributed by atoms with Crippen molar-refractivity contribution in [1.29, 1.82) is 0 Å². The van der Waals surface area contributed by atoms with Gasteiger partial charge in [-0.05, 0) is 31.9 Å². The van der Waals surface area contributed by atoms with Crippen LogP contribution in [0.15, 0.2) is 42.5 Å². The van der Waals surface area contributed by atoms with Crippen LogP contribution in [0.5, 0.6) is 0 Å². The number of amides is 2. The third kappa shape index (κ3) is 4.48. The Hall–Kier alpha value is -2.73. The van der Waals surface area contributed by atoms with Gasteiger partial charge in [-0.25, -0.2) is 0 Å². The van der Waals surface area contributed by atoms with Crippen molar-refractivity contribution in [3.8, 4) is 11.3 Å². The summed E-state index contributed by atoms with van der Waals surface area (Å²) in [7, 11) is 0. The summed E-state index contributed by atoms with van der Waals surface area (Å²) >= 11 is 0. The molecule has 2 aliphatic heterocycles. The standard InChI is InChI=1S/C23H28N4O2/c1-18-20(9-10-21(24-18)19-7-3-2-4-8-19)23(29)27-15-13-25(14-16-27)17-22(28)26-11-5-6-12-26/h2-4,7-10H,5-6,11-17H2,1H3. The number of hydrogen-bond donors (Lipinski definition) is 0. The molecule has 2 saturated heterocycles. The molecule has 6 heteroatoms. The maximum Gasteiger partial charge on any atom is 0.255 e. The summed E-state index contributed by atoms with van der Waals surface area (Å²) in [6, 6.07) is 13.8. The predicted octanol–water partition coefficient (Wildman–Crippen LogP) is 2.44. The van der Waals surface area contributed by atoms with Crippen LogP contribution in [0.3, 0.4) is 0 Å². The van der Waals surface area contributed by atoms with Gasteiger partial charge in [0.2, 0.25) is 5.91 Å². The normalized spacial score (nSPS) is 17.6. The molecule has 152 valence electrons. The lowest BCUT2D eigenvalue weighted by atomic mass is 10.1. The molecule has 0 saturated carbocycles. The van der Waals surface area contributed by atoms with E-state index in [-0.39, 0.29) is 11.8 Å². The zero-order chi connectivity index (χ0) is 20.2. The molecule has 4 rings (SSSR count). The fourth-order valence-corrected chi connectivity index (χ4v) is 4.09. The Kier molecular flexibility index (Phi) is 5.90. The first-order valence-corrected chi connectivity index (χ1v) is 10.4. The van der Waals surface area contributed by atoms with Crippen LogP contribution in [-0.2, 0) is 4.79 Å². The van der Waals surface area contributed by atoms with Gasteiger partial charge in [0.15, 0.2) is 0 Å². The zero-order valence-electron chi connectivity index (χ0n) is 17.0. The topological polar surface area (TPSA) is 56.8 Å². The van der Waals surface area contributed by atoms with Crippen molar-refractivity contribution >= 4 is 11.8 Å². The zero-order valence-corrected chi connectivity index (χ0v) is 17.0. The number of likely N-dealkylation sites (tertiary alicyclic amines) is 1. The second-order valence-electron chi connectivity index (χ2n) is 7.85. The molecule has 0 bridgehead atoms. The Labute approximate surface area is 172 Å². The molecule has 1 aromatic heterocycles. The predicted molar refractivity (Wildman–Crippen MR) is 113 cm³/mol. The fourth-order valence-electron chi connectivity index (χ4n) is 4.09. The average Bonchev–Trinajstić information content (AvgIpc) is 3.29. The summed E-state index contributed by atoms with van der Waals surface area (Å²) in [6.07, 6.45) is 2.23. The minimum atomic E-state index is 0.0279. The second-order valence-corrected chi connectivity index (χ2v) is 7.85. The van der Waals surface area contributed by atoms with Gasteiger partial charge < -0.3 is 9.80 Å². The molecular formula is C23H28N4O2. The van der Waals surface area contributed by atoms with Crippen molar-refractivity contribution in [2.45, 2.75) is 19.8 Å². The third-order valence-corrected chi connectivity index (χ3v) is 5.86. The molecule has 1 aromatic carbocycles. The van der Waals surface area contributed by atoms with Crippen molar-refractivity contribution < 1.29 is 9.59 Å². The van der Waals surface area contributed by atoms with E-state index in [0.29, 0.717) is 25.2 Å². The number of aryl methyl sites for hydroxylation is 1. The smallest absolute Gasteiger partial charge is 0.255 e. The van der Waals surface area contributed by atoms with Crippen molar-refractivity contribution in [3.63, 3.8) is 0 Å². The van der Waals surface area contributed by atoms with Crippen LogP contribution in [0.25, 0.3) is 11.3 Å². The van der Waals surface area contributed by atoms with Crippen LogP contribution < -0.4 is 0 Å². The van der Waals surface area contributed by atoms with Gasteiger partial charge in [-0.15, -0.1) is 0 Å². The molecule has 0 N–H and O–H groups in total. The quantitative estimate of drug-likeness (QED) is 0.802. The Morgan fingerprint density at radius 1 is 0.862 bits per heavy atom. The summed E-state index contributed by atoms with van der Waals surface area (Å²) in [4.78, 5) is 36.0. The number of nitrogens with zero attached hydrogens (tertiary/aromatic N) is 4. The van der Waals surface area contributed by atoms with Gasteiger partial charge in [-0.1, -0.05) is 30.3 Å². The molecule has 0 unspecified atom stereocenters. The highest BCUT2D eigenvalue weighted by Gasteiger charge is 2.26. The molecule has 2 aromatic rings. The summed E-state index contributed by atoms with van der Waals surface area (Å²) in [5, 5.41) is 0. The number of carbonyl (C=O) groups excluding carboxylic acids is 2. The van der Waals surface area contributed by atoms with E-state index in [1.54, 1.807) is 0 Å². The highest BCUT2D eigenvalue weighted by Crippen LogP contribution is 2.20. The number of hydrogen-bond acceptors (Lipinski definition) is 4. The van der Waals surface area contributed by atoms with Gasteiger partial charge >= 0.3 is 0 Å². The monoisotopic (exact) mass is 392 g/mol. The van der Waals surface area contributed by atoms with Crippen molar-refractivity contribution in [3.05, 3.63) is 53.7 Å². The number of piperazine rings is 1. The number of aromatic nitrogens is 1. The Morgan fingerprint density at radius 3 is 2.21 bits per heavy atom. The molecule has 6 nitrogen and oxygen atoms in total. The number of carbonyl (C=O) groups is 2. The van der Waals surface area contributed by atoms with Crippen molar-refractivity contribution in [1.82, 2.24) is 19.7 Å². The summed E-state index contributed by atoms with van der Waals surface area (Å²) in [5.41, 5.74) is 3.34. The van der Waals surface area contributed by atoms with E-state index in [2.05, 4.69) is 9.88 Å². The minimum Gasteiger partial charge on any atom is -0.342 e. The van der Waals surface area contributed by atoms with Gasteiger partial charge in [0.1, 0.15) is 0 Å².